The van der Waals surface area contributed by atoms with Gasteiger partial charge in [0.1, 0.15) is 0 Å². The highest BCUT2D eigenvalue weighted by Gasteiger charge is 1.94. The maximum Gasteiger partial charge on any atom is 0.0541 e. The summed E-state index contributed by atoms with van der Waals surface area (Å²) in [5.74, 6) is 1.12. The third kappa shape index (κ3) is 4.85. The van der Waals surface area contributed by atoms with Gasteiger partial charge in [-0.15, -0.1) is 11.8 Å². The maximum atomic E-state index is 4.27. The molecule has 0 atom stereocenters. The molecule has 1 N–H and O–H groups in total. The molecule has 2 heterocycles. The summed E-state index contributed by atoms with van der Waals surface area (Å²) in [6.07, 6.45) is 6.65. The number of pyridine rings is 2. The minimum absolute atomic E-state index is 0.848. The lowest BCUT2D eigenvalue weighted by Crippen LogP contribution is -2.15. The van der Waals surface area contributed by atoms with Crippen LogP contribution in [0.3, 0.4) is 0 Å². The van der Waals surface area contributed by atoms with Crippen LogP contribution in [0.2, 0.25) is 0 Å². The first kappa shape index (κ1) is 13.1. The smallest absolute Gasteiger partial charge is 0.0541 e. The predicted octanol–water partition coefficient (Wildman–Crippen LogP) is 2.75. The number of nitrogens with zero attached hydrogens (tertiary/aromatic N) is 2. The molecule has 0 aromatic carbocycles. The summed E-state index contributed by atoms with van der Waals surface area (Å²) in [5.41, 5.74) is 1.10. The van der Waals surface area contributed by atoms with Gasteiger partial charge in [-0.1, -0.05) is 6.07 Å². The maximum absolute atomic E-state index is 4.27. The molecule has 2 aromatic rings. The molecule has 0 amide bonds. The Labute approximate surface area is 112 Å². The van der Waals surface area contributed by atoms with Gasteiger partial charge in [-0.05, 0) is 43.0 Å². The van der Waals surface area contributed by atoms with Gasteiger partial charge in [-0.3, -0.25) is 9.97 Å². The topological polar surface area (TPSA) is 37.8 Å². The van der Waals surface area contributed by atoms with Gasteiger partial charge in [0.25, 0.3) is 0 Å². The fourth-order valence-corrected chi connectivity index (χ4v) is 2.38. The van der Waals surface area contributed by atoms with Gasteiger partial charge in [0.15, 0.2) is 0 Å². The average molecular weight is 259 g/mol. The van der Waals surface area contributed by atoms with Crippen molar-refractivity contribution in [3.05, 3.63) is 54.6 Å². The molecule has 0 unspecified atom stereocenters. The second-order valence-electron chi connectivity index (χ2n) is 3.88. The first-order valence-corrected chi connectivity index (χ1v) is 7.07. The normalized spacial score (nSPS) is 10.4. The number of thioether (sulfide) groups is 1. The summed E-state index contributed by atoms with van der Waals surface area (Å²) < 4.78 is 0. The lowest BCUT2D eigenvalue weighted by molar-refractivity contribution is 0.667. The standard InChI is InChI=1S/C14H17N3S/c1-2-8-17-13(4-1)12-16-7-3-11-18-14-5-9-15-10-6-14/h1-2,4-6,8-10,16H,3,7,11-12H2. The number of hydrogen-bond acceptors (Lipinski definition) is 4. The Bertz CT molecular complexity index is 390. The predicted molar refractivity (Wildman–Crippen MR) is 75.5 cm³/mol. The molecule has 0 aliphatic rings. The second-order valence-corrected chi connectivity index (χ2v) is 5.05. The van der Waals surface area contributed by atoms with Crippen LogP contribution in [0.5, 0.6) is 0 Å². The van der Waals surface area contributed by atoms with Gasteiger partial charge >= 0.3 is 0 Å². The van der Waals surface area contributed by atoms with Gasteiger partial charge in [0, 0.05) is 30.0 Å². The molecular formula is C14H17N3S. The van der Waals surface area contributed by atoms with Crippen molar-refractivity contribution in [2.24, 2.45) is 0 Å². The van der Waals surface area contributed by atoms with Crippen molar-refractivity contribution in [2.45, 2.75) is 17.9 Å². The van der Waals surface area contributed by atoms with E-state index in [4.69, 9.17) is 0 Å². The van der Waals surface area contributed by atoms with Crippen LogP contribution in [0.15, 0.2) is 53.8 Å². The minimum atomic E-state index is 0.848. The Hall–Kier alpha value is -1.39. The Morgan fingerprint density at radius 3 is 2.72 bits per heavy atom. The van der Waals surface area contributed by atoms with E-state index in [1.165, 1.54) is 4.90 Å². The van der Waals surface area contributed by atoms with Crippen LogP contribution >= 0.6 is 11.8 Å². The van der Waals surface area contributed by atoms with E-state index in [2.05, 4.69) is 15.3 Å². The highest BCUT2D eigenvalue weighted by atomic mass is 32.2. The van der Waals surface area contributed by atoms with E-state index >= 15 is 0 Å². The van der Waals surface area contributed by atoms with Crippen molar-refractivity contribution in [3.8, 4) is 0 Å². The molecule has 2 rings (SSSR count). The first-order chi connectivity index (χ1) is 8.95. The second kappa shape index (κ2) is 7.84. The van der Waals surface area contributed by atoms with Crippen LogP contribution in [0, 0.1) is 0 Å². The molecule has 0 aliphatic carbocycles. The largest absolute Gasteiger partial charge is 0.311 e. The van der Waals surface area contributed by atoms with Gasteiger partial charge in [0.2, 0.25) is 0 Å². The van der Waals surface area contributed by atoms with E-state index in [0.717, 1.165) is 31.0 Å². The van der Waals surface area contributed by atoms with Crippen molar-refractivity contribution < 1.29 is 0 Å². The molecule has 0 spiro atoms. The van der Waals surface area contributed by atoms with E-state index in [0.29, 0.717) is 0 Å². The number of aromatic nitrogens is 2. The number of hydrogen-bond donors (Lipinski definition) is 1. The highest BCUT2D eigenvalue weighted by Crippen LogP contribution is 2.16. The van der Waals surface area contributed by atoms with Crippen molar-refractivity contribution in [1.82, 2.24) is 15.3 Å². The van der Waals surface area contributed by atoms with Crippen molar-refractivity contribution in [3.63, 3.8) is 0 Å². The monoisotopic (exact) mass is 259 g/mol. The van der Waals surface area contributed by atoms with Crippen LogP contribution in [0.25, 0.3) is 0 Å². The van der Waals surface area contributed by atoms with Gasteiger partial charge in [-0.2, -0.15) is 0 Å². The van der Waals surface area contributed by atoms with E-state index in [9.17, 15) is 0 Å². The van der Waals surface area contributed by atoms with Gasteiger partial charge in [-0.25, -0.2) is 0 Å². The van der Waals surface area contributed by atoms with E-state index in [1.807, 2.05) is 60.7 Å². The SMILES string of the molecule is c1ccc(CNCCCSc2ccncc2)nc1. The summed E-state index contributed by atoms with van der Waals surface area (Å²) in [6.45, 7) is 1.87. The van der Waals surface area contributed by atoms with Crippen LogP contribution in [-0.4, -0.2) is 22.3 Å². The molecule has 3 nitrogen and oxygen atoms in total. The quantitative estimate of drug-likeness (QED) is 0.613. The Kier molecular flexibility index (Phi) is 5.69. The Morgan fingerprint density at radius 2 is 1.94 bits per heavy atom. The van der Waals surface area contributed by atoms with Crippen LogP contribution in [0.4, 0.5) is 0 Å². The zero-order valence-electron chi connectivity index (χ0n) is 10.2. The first-order valence-electron chi connectivity index (χ1n) is 6.08. The zero-order valence-corrected chi connectivity index (χ0v) is 11.1. The molecule has 2 aromatic heterocycles. The van der Waals surface area contributed by atoms with Gasteiger partial charge in [0.05, 0.1) is 5.69 Å². The highest BCUT2D eigenvalue weighted by molar-refractivity contribution is 7.99. The molecule has 18 heavy (non-hydrogen) atoms. The molecule has 4 heteroatoms. The summed E-state index contributed by atoms with van der Waals surface area (Å²) in [6, 6.07) is 10.1. The molecule has 0 fully saturated rings. The number of nitrogens with one attached hydrogen (secondary N) is 1. The van der Waals surface area contributed by atoms with Gasteiger partial charge < -0.3 is 5.32 Å². The van der Waals surface area contributed by atoms with E-state index in [1.54, 1.807) is 0 Å². The molecule has 0 saturated heterocycles. The molecule has 0 aliphatic heterocycles. The fourth-order valence-electron chi connectivity index (χ4n) is 1.54. The minimum Gasteiger partial charge on any atom is -0.311 e. The van der Waals surface area contributed by atoms with Crippen molar-refractivity contribution in [2.75, 3.05) is 12.3 Å². The van der Waals surface area contributed by atoms with E-state index < -0.39 is 0 Å². The summed E-state index contributed by atoms with van der Waals surface area (Å²) in [5, 5.41) is 3.40. The lowest BCUT2D eigenvalue weighted by Gasteiger charge is -2.04. The zero-order chi connectivity index (χ0) is 12.5. The lowest BCUT2D eigenvalue weighted by atomic mass is 10.3. The van der Waals surface area contributed by atoms with Crippen LogP contribution in [-0.2, 0) is 6.54 Å². The van der Waals surface area contributed by atoms with Crippen LogP contribution in [0.1, 0.15) is 12.1 Å². The third-order valence-electron chi connectivity index (χ3n) is 2.45. The Morgan fingerprint density at radius 1 is 1.06 bits per heavy atom. The third-order valence-corrected chi connectivity index (χ3v) is 3.55. The Balaban J connectivity index is 1.54. The van der Waals surface area contributed by atoms with Crippen LogP contribution < -0.4 is 5.32 Å². The van der Waals surface area contributed by atoms with Crippen molar-refractivity contribution in [1.29, 1.82) is 0 Å². The molecule has 0 radical (unpaired) electrons. The van der Waals surface area contributed by atoms with Crippen molar-refractivity contribution >= 4 is 11.8 Å². The summed E-state index contributed by atoms with van der Waals surface area (Å²) in [7, 11) is 0. The molecule has 0 saturated carbocycles. The number of rotatable bonds is 7. The molecular weight excluding hydrogens is 242 g/mol. The fraction of sp³-hybridized carbons (Fsp3) is 0.286. The summed E-state index contributed by atoms with van der Waals surface area (Å²) >= 11 is 1.87. The summed E-state index contributed by atoms with van der Waals surface area (Å²) in [4.78, 5) is 9.56. The molecule has 94 valence electrons. The average Bonchev–Trinajstić information content (AvgIpc) is 2.45. The molecule has 0 bridgehead atoms. The van der Waals surface area contributed by atoms with E-state index in [-0.39, 0.29) is 0 Å².